The molecule has 3 aromatic carbocycles. The normalized spacial score (nSPS) is 11.9. The Morgan fingerprint density at radius 2 is 0.738 bits per heavy atom. The first-order valence-electron chi connectivity index (χ1n) is 19.7. The van der Waals surface area contributed by atoms with Gasteiger partial charge in [0.2, 0.25) is 5.54 Å². The van der Waals surface area contributed by atoms with Crippen molar-refractivity contribution in [3.63, 3.8) is 0 Å². The van der Waals surface area contributed by atoms with Crippen molar-refractivity contribution in [1.29, 1.82) is 0 Å². The SMILES string of the molecule is CCCc1nc(CCC(CCc2nc(CCC)[nH][n+]2-c2c(Cl)cc(Cl)cc2Cl)(CCc2nc(CCC)[nH][n+]2-c2c(Cl)cc(Cl)cc2Cl)[N+](=O)[O-])[n+](-c2c(Cl)cc(Cl)cc2Cl)[nH]1. The lowest BCUT2D eigenvalue weighted by atomic mass is 9.84. The van der Waals surface area contributed by atoms with Crippen LogP contribution < -0.4 is 14.0 Å². The Morgan fingerprint density at radius 1 is 0.492 bits per heavy atom. The van der Waals surface area contributed by atoms with E-state index in [9.17, 15) is 10.1 Å². The predicted octanol–water partition coefficient (Wildman–Crippen LogP) is 11.6. The smallest absolute Gasteiger partial charge is 0.264 e. The zero-order valence-corrected chi connectivity index (χ0v) is 40.1. The van der Waals surface area contributed by atoms with Crippen molar-refractivity contribution in [2.24, 2.45) is 0 Å². The largest absolute Gasteiger partial charge is 0.324 e. The molecule has 12 nitrogen and oxygen atoms in total. The summed E-state index contributed by atoms with van der Waals surface area (Å²) < 4.78 is 5.05. The summed E-state index contributed by atoms with van der Waals surface area (Å²) in [6.45, 7) is 6.09. The highest BCUT2D eigenvalue weighted by Crippen LogP contribution is 2.34. The number of aryl methyl sites for hydroxylation is 6. The maximum atomic E-state index is 13.8. The minimum Gasteiger partial charge on any atom is -0.264 e. The van der Waals surface area contributed by atoms with Gasteiger partial charge >= 0.3 is 17.5 Å². The van der Waals surface area contributed by atoms with Crippen LogP contribution in [0.1, 0.15) is 94.2 Å². The van der Waals surface area contributed by atoms with Crippen LogP contribution in [-0.2, 0) is 38.5 Å². The molecule has 0 amide bonds. The summed E-state index contributed by atoms with van der Waals surface area (Å²) in [5, 5.41) is 26.6. The van der Waals surface area contributed by atoms with Crippen LogP contribution in [0.15, 0.2) is 36.4 Å². The summed E-state index contributed by atoms with van der Waals surface area (Å²) in [6.07, 6.45) is 4.85. The van der Waals surface area contributed by atoms with Crippen LogP contribution in [0.3, 0.4) is 0 Å². The molecule has 3 heterocycles. The lowest BCUT2D eigenvalue weighted by molar-refractivity contribution is -0.667. The van der Waals surface area contributed by atoms with Gasteiger partial charge in [0.25, 0.3) is 17.5 Å². The highest BCUT2D eigenvalue weighted by molar-refractivity contribution is 6.41. The molecule has 0 atom stereocenters. The third kappa shape index (κ3) is 10.9. The Kier molecular flexibility index (Phi) is 16.2. The van der Waals surface area contributed by atoms with Crippen molar-refractivity contribution in [2.45, 2.75) is 103 Å². The van der Waals surface area contributed by atoms with E-state index < -0.39 is 5.54 Å². The molecule has 0 saturated heterocycles. The number of H-pyrrole nitrogens is 3. The Morgan fingerprint density at radius 3 is 0.951 bits per heavy atom. The first-order chi connectivity index (χ1) is 29.1. The Bertz CT molecular complexity index is 2220. The minimum absolute atomic E-state index is 0.0443. The van der Waals surface area contributed by atoms with Gasteiger partial charge in [0.1, 0.15) is 0 Å². The highest BCUT2D eigenvalue weighted by Gasteiger charge is 2.46. The van der Waals surface area contributed by atoms with Gasteiger partial charge in [-0.15, -0.1) is 14.0 Å². The number of halogens is 9. The summed E-state index contributed by atoms with van der Waals surface area (Å²) in [7, 11) is 0. The fourth-order valence-corrected chi connectivity index (χ4v) is 10.3. The average Bonchev–Trinajstić information content (AvgIpc) is 3.87. The molecule has 0 radical (unpaired) electrons. The zero-order valence-electron chi connectivity index (χ0n) is 33.3. The Balaban J connectivity index is 1.45. The van der Waals surface area contributed by atoms with E-state index in [4.69, 9.17) is 119 Å². The molecule has 0 saturated carbocycles. The van der Waals surface area contributed by atoms with Crippen LogP contribution in [0.4, 0.5) is 0 Å². The fourth-order valence-electron chi connectivity index (χ4n) is 7.30. The van der Waals surface area contributed by atoms with E-state index in [0.717, 1.165) is 19.3 Å². The zero-order chi connectivity index (χ0) is 44.2. The highest BCUT2D eigenvalue weighted by atomic mass is 35.5. The van der Waals surface area contributed by atoms with Crippen molar-refractivity contribution in [3.05, 3.63) is 127 Å². The van der Waals surface area contributed by atoms with Gasteiger partial charge in [0.15, 0.2) is 17.1 Å². The second-order valence-electron chi connectivity index (χ2n) is 14.7. The summed E-state index contributed by atoms with van der Waals surface area (Å²) in [6, 6.07) is 9.49. The number of aromatic nitrogens is 9. The van der Waals surface area contributed by atoms with Gasteiger partial charge in [-0.3, -0.25) is 10.1 Å². The van der Waals surface area contributed by atoms with E-state index in [0.29, 0.717) is 86.3 Å². The van der Waals surface area contributed by atoms with Crippen molar-refractivity contribution >= 4 is 104 Å². The lowest BCUT2D eigenvalue weighted by Crippen LogP contribution is -2.45. The molecule has 0 aliphatic heterocycles. The third-order valence-electron chi connectivity index (χ3n) is 10.2. The fraction of sp³-hybridized carbons (Fsp3) is 0.400. The Hall–Kier alpha value is -2.91. The molecule has 0 bridgehead atoms. The molecular weight excluding hydrogens is 972 g/mol. The van der Waals surface area contributed by atoms with Crippen LogP contribution in [0.25, 0.3) is 17.1 Å². The van der Waals surface area contributed by atoms with Gasteiger partial charge in [-0.25, -0.2) is 0 Å². The van der Waals surface area contributed by atoms with E-state index in [1.54, 1.807) is 50.4 Å². The second-order valence-corrected chi connectivity index (χ2v) is 18.4. The number of nitrogens with zero attached hydrogens (tertiary/aromatic N) is 7. The maximum absolute atomic E-state index is 13.8. The van der Waals surface area contributed by atoms with Gasteiger partial charge in [0, 0.05) is 58.5 Å². The summed E-state index contributed by atoms with van der Waals surface area (Å²) in [5.74, 6) is 3.51. The molecule has 324 valence electrons. The summed E-state index contributed by atoms with van der Waals surface area (Å²) >= 11 is 59.2. The quantitative estimate of drug-likeness (QED) is 0.0421. The molecule has 0 aliphatic rings. The van der Waals surface area contributed by atoms with Crippen molar-refractivity contribution in [1.82, 2.24) is 30.2 Å². The number of hydrogen-bond donors (Lipinski definition) is 3. The van der Waals surface area contributed by atoms with Crippen molar-refractivity contribution in [2.75, 3.05) is 0 Å². The molecule has 3 N–H and O–H groups in total. The van der Waals surface area contributed by atoms with Crippen LogP contribution in [0, 0.1) is 10.1 Å². The first kappa shape index (κ1) is 47.6. The molecule has 61 heavy (non-hydrogen) atoms. The van der Waals surface area contributed by atoms with E-state index in [-0.39, 0.29) is 73.6 Å². The standard InChI is InChI=1S/C40H39Cl9N10O2/c1-4-7-31-50-34(56(53-31)37-25(44)16-22(41)17-26(37)45)10-13-40(59(60)61,14-11-35-51-32(8-5-2)54-57(35)38-27(46)18-23(42)19-28(38)47)15-12-36-52-33(9-6-3)55-58(36)39-29(48)20-24(43)21-30(39)49/h16-21H,4-15H2,1-3H3/p+3. The minimum atomic E-state index is -1.58. The number of hydrogen-bond acceptors (Lipinski definition) is 5. The predicted molar refractivity (Wildman–Crippen MR) is 242 cm³/mol. The number of benzene rings is 3. The molecule has 21 heteroatoms. The maximum Gasteiger partial charge on any atom is 0.324 e. The molecular formula is C40H42Cl9N10O2+3. The number of nitro groups is 1. The molecule has 0 aliphatic carbocycles. The van der Waals surface area contributed by atoms with Crippen LogP contribution in [0.5, 0.6) is 0 Å². The molecule has 0 spiro atoms. The topological polar surface area (TPSA) is 141 Å². The van der Waals surface area contributed by atoms with Gasteiger partial charge in [-0.05, 0) is 70.6 Å². The van der Waals surface area contributed by atoms with Gasteiger partial charge in [-0.2, -0.15) is 15.3 Å². The summed E-state index contributed by atoms with van der Waals surface area (Å²) in [5.41, 5.74) is -0.292. The van der Waals surface area contributed by atoms with E-state index in [1.165, 1.54) is 0 Å². The van der Waals surface area contributed by atoms with Crippen molar-refractivity contribution < 1.29 is 19.0 Å². The van der Waals surface area contributed by atoms with Gasteiger partial charge in [-0.1, -0.05) is 125 Å². The molecule has 6 rings (SSSR count). The van der Waals surface area contributed by atoms with Gasteiger partial charge in [0.05, 0.1) is 49.4 Å². The molecule has 0 unspecified atom stereocenters. The molecule has 0 fully saturated rings. The summed E-state index contributed by atoms with van der Waals surface area (Å²) in [4.78, 5) is 28.3. The van der Waals surface area contributed by atoms with Crippen LogP contribution >= 0.6 is 104 Å². The number of rotatable bonds is 19. The van der Waals surface area contributed by atoms with E-state index >= 15 is 0 Å². The van der Waals surface area contributed by atoms with Crippen LogP contribution in [0.2, 0.25) is 45.2 Å². The lowest BCUT2D eigenvalue weighted by Gasteiger charge is -2.23. The molecule has 3 aromatic heterocycles. The van der Waals surface area contributed by atoms with E-state index in [2.05, 4.69) is 15.3 Å². The van der Waals surface area contributed by atoms with Crippen LogP contribution in [-0.4, -0.2) is 40.7 Å². The first-order valence-corrected chi connectivity index (χ1v) is 23.1. The Labute approximate surface area is 397 Å². The number of aromatic amines is 3. The monoisotopic (exact) mass is 1010 g/mol. The third-order valence-corrected chi connectivity index (χ3v) is 12.6. The van der Waals surface area contributed by atoms with Gasteiger partial charge < -0.3 is 0 Å². The van der Waals surface area contributed by atoms with E-state index in [1.807, 2.05) is 20.8 Å². The van der Waals surface area contributed by atoms with Crippen molar-refractivity contribution in [3.8, 4) is 17.1 Å². The molecule has 6 aromatic rings. The average molecular weight is 1010 g/mol. The second kappa shape index (κ2) is 20.7. The number of nitrogens with one attached hydrogen (secondary N) is 3.